The molecule has 28 heavy (non-hydrogen) atoms. The largest absolute Gasteiger partial charge is 0.272 e. The van der Waals surface area contributed by atoms with Crippen LogP contribution in [0.3, 0.4) is 0 Å². The van der Waals surface area contributed by atoms with Crippen LogP contribution in [0.15, 0.2) is 70.9 Å². The summed E-state index contributed by atoms with van der Waals surface area (Å²) in [6.07, 6.45) is 0. The smallest absolute Gasteiger partial charge is 0.268 e. The van der Waals surface area contributed by atoms with Gasteiger partial charge < -0.3 is 0 Å². The topological polar surface area (TPSA) is 37.4 Å². The first kappa shape index (κ1) is 18.7. The zero-order chi connectivity index (χ0) is 19.7. The van der Waals surface area contributed by atoms with E-state index in [0.717, 1.165) is 21.6 Å². The minimum absolute atomic E-state index is 0.238. The first-order chi connectivity index (χ1) is 13.6. The number of nitrogens with zero attached hydrogens (tertiary/aromatic N) is 1. The third-order valence-corrected chi connectivity index (χ3v) is 6.82. The van der Waals surface area contributed by atoms with Crippen molar-refractivity contribution in [1.82, 2.24) is 0 Å². The number of carbonyl (C=O) groups is 2. The SMILES string of the molecule is Cc1ccc(N2C(=O)C(SCc3ccccc3)=C(c3cccs3)C2=O)cc1C. The van der Waals surface area contributed by atoms with Crippen LogP contribution in [0.1, 0.15) is 21.6 Å². The average Bonchev–Trinajstić information content (AvgIpc) is 3.30. The van der Waals surface area contributed by atoms with Gasteiger partial charge in [0.25, 0.3) is 11.8 Å². The van der Waals surface area contributed by atoms with Crippen LogP contribution in [0.25, 0.3) is 5.57 Å². The number of thioether (sulfide) groups is 1. The van der Waals surface area contributed by atoms with Crippen molar-refractivity contribution in [2.75, 3.05) is 4.90 Å². The zero-order valence-electron chi connectivity index (χ0n) is 15.6. The monoisotopic (exact) mass is 405 g/mol. The minimum Gasteiger partial charge on any atom is -0.268 e. The fourth-order valence-electron chi connectivity index (χ4n) is 3.11. The van der Waals surface area contributed by atoms with Crippen LogP contribution in [-0.2, 0) is 15.3 Å². The summed E-state index contributed by atoms with van der Waals surface area (Å²) in [5.41, 5.74) is 4.45. The molecule has 1 aliphatic rings. The molecule has 5 heteroatoms. The fourth-order valence-corrected chi connectivity index (χ4v) is 5.00. The van der Waals surface area contributed by atoms with Crippen LogP contribution in [0, 0.1) is 13.8 Å². The summed E-state index contributed by atoms with van der Waals surface area (Å²) in [7, 11) is 0. The molecule has 0 atom stereocenters. The summed E-state index contributed by atoms with van der Waals surface area (Å²) in [5.74, 6) is 0.161. The predicted octanol–water partition coefficient (Wildman–Crippen LogP) is 5.58. The maximum absolute atomic E-state index is 13.3. The van der Waals surface area contributed by atoms with Gasteiger partial charge in [-0.05, 0) is 54.1 Å². The van der Waals surface area contributed by atoms with Crippen molar-refractivity contribution >= 4 is 46.2 Å². The van der Waals surface area contributed by atoms with E-state index in [1.54, 1.807) is 0 Å². The summed E-state index contributed by atoms with van der Waals surface area (Å²) >= 11 is 2.92. The van der Waals surface area contributed by atoms with Crippen molar-refractivity contribution in [1.29, 1.82) is 0 Å². The highest BCUT2D eigenvalue weighted by Crippen LogP contribution is 2.41. The number of thiophene rings is 1. The van der Waals surface area contributed by atoms with E-state index in [2.05, 4.69) is 0 Å². The Bertz CT molecular complexity index is 1070. The van der Waals surface area contributed by atoms with Crippen LogP contribution in [-0.4, -0.2) is 11.8 Å². The molecule has 2 amide bonds. The number of amides is 2. The second kappa shape index (κ2) is 7.78. The van der Waals surface area contributed by atoms with Crippen LogP contribution >= 0.6 is 23.1 Å². The van der Waals surface area contributed by atoms with Crippen molar-refractivity contribution in [3.8, 4) is 0 Å². The van der Waals surface area contributed by atoms with Crippen LogP contribution in [0.5, 0.6) is 0 Å². The Morgan fingerprint density at radius 2 is 1.68 bits per heavy atom. The molecular formula is C23H19NO2S2. The van der Waals surface area contributed by atoms with E-state index in [9.17, 15) is 9.59 Å². The summed E-state index contributed by atoms with van der Waals surface area (Å²) in [4.78, 5) is 29.2. The third kappa shape index (κ3) is 3.43. The average molecular weight is 406 g/mol. The number of hydrogen-bond donors (Lipinski definition) is 0. The molecule has 0 spiro atoms. The Labute approximate surface area is 172 Å². The van der Waals surface area contributed by atoms with Crippen LogP contribution in [0.2, 0.25) is 0 Å². The highest BCUT2D eigenvalue weighted by atomic mass is 32.2. The lowest BCUT2D eigenvalue weighted by molar-refractivity contribution is -0.119. The molecule has 3 nitrogen and oxygen atoms in total. The lowest BCUT2D eigenvalue weighted by Gasteiger charge is -2.16. The quantitative estimate of drug-likeness (QED) is 0.520. The molecule has 4 rings (SSSR count). The first-order valence-electron chi connectivity index (χ1n) is 8.97. The molecule has 140 valence electrons. The van der Waals surface area contributed by atoms with Crippen molar-refractivity contribution < 1.29 is 9.59 Å². The molecule has 0 saturated carbocycles. The predicted molar refractivity (Wildman–Crippen MR) is 117 cm³/mol. The molecule has 0 saturated heterocycles. The Balaban J connectivity index is 1.72. The molecule has 3 aromatic rings. The van der Waals surface area contributed by atoms with Crippen LogP contribution in [0.4, 0.5) is 5.69 Å². The van der Waals surface area contributed by atoms with E-state index in [-0.39, 0.29) is 11.8 Å². The summed E-state index contributed by atoms with van der Waals surface area (Å²) in [6, 6.07) is 19.5. The van der Waals surface area contributed by atoms with Gasteiger partial charge in [-0.2, -0.15) is 0 Å². The van der Waals surface area contributed by atoms with Gasteiger partial charge in [-0.3, -0.25) is 9.59 Å². The Morgan fingerprint density at radius 1 is 0.893 bits per heavy atom. The van der Waals surface area contributed by atoms with E-state index < -0.39 is 0 Å². The number of anilines is 1. The van der Waals surface area contributed by atoms with Gasteiger partial charge in [0.15, 0.2) is 0 Å². The molecule has 0 bridgehead atoms. The molecule has 0 radical (unpaired) electrons. The normalized spacial score (nSPS) is 14.3. The maximum Gasteiger partial charge on any atom is 0.272 e. The molecular weight excluding hydrogens is 386 g/mol. The number of imide groups is 1. The number of carbonyl (C=O) groups excluding carboxylic acids is 2. The van der Waals surface area contributed by atoms with E-state index in [4.69, 9.17) is 0 Å². The lowest BCUT2D eigenvalue weighted by Crippen LogP contribution is -2.31. The number of rotatable bonds is 5. The highest BCUT2D eigenvalue weighted by molar-refractivity contribution is 8.03. The van der Waals surface area contributed by atoms with Gasteiger partial charge in [-0.15, -0.1) is 23.1 Å². The third-order valence-electron chi connectivity index (χ3n) is 4.78. The van der Waals surface area contributed by atoms with Crippen LogP contribution < -0.4 is 4.90 Å². The molecule has 0 unspecified atom stereocenters. The highest BCUT2D eigenvalue weighted by Gasteiger charge is 2.40. The van der Waals surface area contributed by atoms with Crippen molar-refractivity contribution in [3.05, 3.63) is 92.5 Å². The van der Waals surface area contributed by atoms with E-state index in [0.29, 0.717) is 21.9 Å². The number of hydrogen-bond acceptors (Lipinski definition) is 4. The van der Waals surface area contributed by atoms with E-state index in [1.807, 2.05) is 79.9 Å². The summed E-state index contributed by atoms with van der Waals surface area (Å²) < 4.78 is 0. The Kier molecular flexibility index (Phi) is 5.20. The van der Waals surface area contributed by atoms with Gasteiger partial charge in [-0.1, -0.05) is 42.5 Å². The van der Waals surface area contributed by atoms with Gasteiger partial charge in [0.1, 0.15) is 0 Å². The fraction of sp³-hybridized carbons (Fsp3) is 0.130. The minimum atomic E-state index is -0.244. The molecule has 2 aromatic carbocycles. The summed E-state index contributed by atoms with van der Waals surface area (Å²) in [5, 5.41) is 1.93. The lowest BCUT2D eigenvalue weighted by atomic mass is 10.1. The molecule has 1 aliphatic heterocycles. The second-order valence-corrected chi connectivity index (χ2v) is 8.60. The molecule has 0 aliphatic carbocycles. The van der Waals surface area contributed by atoms with Gasteiger partial charge in [0, 0.05) is 10.6 Å². The van der Waals surface area contributed by atoms with Gasteiger partial charge >= 0.3 is 0 Å². The van der Waals surface area contributed by atoms with E-state index >= 15 is 0 Å². The Morgan fingerprint density at radius 3 is 2.36 bits per heavy atom. The first-order valence-corrected chi connectivity index (χ1v) is 10.8. The molecule has 0 N–H and O–H groups in total. The molecule has 0 fully saturated rings. The van der Waals surface area contributed by atoms with Crippen molar-refractivity contribution in [2.45, 2.75) is 19.6 Å². The number of aryl methyl sites for hydroxylation is 2. The van der Waals surface area contributed by atoms with Gasteiger partial charge in [0.05, 0.1) is 16.2 Å². The number of benzene rings is 2. The van der Waals surface area contributed by atoms with E-state index in [1.165, 1.54) is 28.0 Å². The second-order valence-electron chi connectivity index (χ2n) is 6.67. The van der Waals surface area contributed by atoms with Crippen molar-refractivity contribution in [3.63, 3.8) is 0 Å². The van der Waals surface area contributed by atoms with Gasteiger partial charge in [0.2, 0.25) is 0 Å². The standard InChI is InChI=1S/C23H19NO2S2/c1-15-10-11-18(13-16(15)2)24-22(25)20(19-9-6-12-27-19)21(23(24)26)28-14-17-7-4-3-5-8-17/h3-13H,14H2,1-2H3. The maximum atomic E-state index is 13.3. The van der Waals surface area contributed by atoms with Gasteiger partial charge in [-0.25, -0.2) is 4.90 Å². The van der Waals surface area contributed by atoms with Crippen molar-refractivity contribution in [2.24, 2.45) is 0 Å². The summed E-state index contributed by atoms with van der Waals surface area (Å²) in [6.45, 7) is 4.01. The Hall–Kier alpha value is -2.63. The molecule has 2 heterocycles. The molecule has 1 aromatic heterocycles. The zero-order valence-corrected chi connectivity index (χ0v) is 17.3.